The molecule has 0 spiro atoms. The number of hydrogen-bond acceptors (Lipinski definition) is 7. The van der Waals surface area contributed by atoms with Crippen LogP contribution < -0.4 is 16.0 Å². The zero-order valence-corrected chi connectivity index (χ0v) is 24.0. The van der Waals surface area contributed by atoms with Crippen LogP contribution in [0.1, 0.15) is 45.1 Å². The van der Waals surface area contributed by atoms with Gasteiger partial charge in [0.15, 0.2) is 0 Å². The highest BCUT2D eigenvalue weighted by Gasteiger charge is 2.31. The molecule has 214 valence electrons. The van der Waals surface area contributed by atoms with E-state index in [0.29, 0.717) is 29.6 Å². The minimum atomic E-state index is -0.574. The fourth-order valence-corrected chi connectivity index (χ4v) is 3.95. The Morgan fingerprint density at radius 1 is 1.25 bits per heavy atom. The molecule has 9 nitrogen and oxygen atoms in total. The molecule has 1 heterocycles. The van der Waals surface area contributed by atoms with Gasteiger partial charge < -0.3 is 25.8 Å². The Hall–Kier alpha value is -3.97. The number of carbonyl (C=O) groups excluding carboxylic acids is 2. The summed E-state index contributed by atoms with van der Waals surface area (Å²) >= 11 is 0. The third kappa shape index (κ3) is 9.35. The van der Waals surface area contributed by atoms with Crippen molar-refractivity contribution >= 4 is 29.3 Å². The number of carbonyl (C=O) groups is 2. The zero-order valence-electron chi connectivity index (χ0n) is 24.0. The van der Waals surface area contributed by atoms with E-state index in [-0.39, 0.29) is 29.6 Å². The molecule has 1 aromatic heterocycles. The van der Waals surface area contributed by atoms with Crippen molar-refractivity contribution in [3.8, 4) is 11.8 Å². The van der Waals surface area contributed by atoms with E-state index in [4.69, 9.17) is 0 Å². The van der Waals surface area contributed by atoms with E-state index in [0.717, 1.165) is 32.2 Å². The van der Waals surface area contributed by atoms with Gasteiger partial charge in [-0.3, -0.25) is 9.59 Å². The fourth-order valence-electron chi connectivity index (χ4n) is 3.95. The summed E-state index contributed by atoms with van der Waals surface area (Å²) in [6.07, 6.45) is 8.45. The molecule has 1 aromatic carbocycles. The monoisotopic (exact) mass is 549 g/mol. The molecule has 3 rings (SSSR count). The number of anilines is 3. The van der Waals surface area contributed by atoms with Crippen LogP contribution in [-0.4, -0.2) is 77.9 Å². The Morgan fingerprint density at radius 2 is 2.02 bits per heavy atom. The summed E-state index contributed by atoms with van der Waals surface area (Å²) in [7, 11) is 5.48. The van der Waals surface area contributed by atoms with Gasteiger partial charge in [-0.25, -0.2) is 9.37 Å². The summed E-state index contributed by atoms with van der Waals surface area (Å²) in [5.74, 6) is 6.88. The first kappa shape index (κ1) is 30.6. The Balaban J connectivity index is 1.55. The van der Waals surface area contributed by atoms with Crippen molar-refractivity contribution in [3.05, 3.63) is 54.0 Å². The highest BCUT2D eigenvalue weighted by atomic mass is 19.1. The molecule has 10 heteroatoms. The molecule has 1 saturated carbocycles. The van der Waals surface area contributed by atoms with Crippen LogP contribution in [0.4, 0.5) is 21.8 Å². The number of nitrogens with one attached hydrogen (secondary N) is 3. The molecule has 2 amide bonds. The van der Waals surface area contributed by atoms with Gasteiger partial charge in [-0.1, -0.05) is 37.3 Å². The van der Waals surface area contributed by atoms with Gasteiger partial charge in [-0.15, -0.1) is 0 Å². The molecule has 0 radical (unpaired) electrons. The van der Waals surface area contributed by atoms with Crippen LogP contribution in [0.3, 0.4) is 0 Å². The number of unbranched alkanes of at least 4 members (excludes halogenated alkanes) is 1. The maximum absolute atomic E-state index is 13.5. The number of amides is 2. The van der Waals surface area contributed by atoms with Gasteiger partial charge in [-0.2, -0.15) is 4.98 Å². The standard InChI is InChI=1S/C30H40FN7O2/c1-6-7-15-32-28-23(20-33-30(36-28)35-25-11-8-10-24(31)19-25)14-13-22-17-26(18-22)34-29(40)21(2)38(5)27(39)12-9-16-37(3)4/h8-12,19-22,26H,6-7,15-18H2,1-5H3,(H,34,40)(H2,32,33,35,36)/b12-9+/t21-,22?,26?/m0/s1. The number of hydrogen-bond donors (Lipinski definition) is 3. The smallest absolute Gasteiger partial charge is 0.246 e. The van der Waals surface area contributed by atoms with E-state index in [2.05, 4.69) is 44.7 Å². The highest BCUT2D eigenvalue weighted by Crippen LogP contribution is 2.27. The molecule has 1 atom stereocenters. The van der Waals surface area contributed by atoms with E-state index in [1.807, 2.05) is 19.0 Å². The predicted molar refractivity (Wildman–Crippen MR) is 157 cm³/mol. The minimum Gasteiger partial charge on any atom is -0.369 e. The largest absolute Gasteiger partial charge is 0.369 e. The first-order valence-corrected chi connectivity index (χ1v) is 13.7. The molecule has 0 aliphatic heterocycles. The minimum absolute atomic E-state index is 0.0262. The number of halogens is 1. The van der Waals surface area contributed by atoms with Gasteiger partial charge in [0.05, 0.1) is 11.8 Å². The summed E-state index contributed by atoms with van der Waals surface area (Å²) in [6, 6.07) is 5.58. The van der Waals surface area contributed by atoms with Crippen LogP contribution >= 0.6 is 0 Å². The van der Waals surface area contributed by atoms with Crippen molar-refractivity contribution in [2.75, 3.05) is 44.9 Å². The van der Waals surface area contributed by atoms with Crippen LogP contribution in [0, 0.1) is 23.6 Å². The zero-order chi connectivity index (χ0) is 29.1. The third-order valence-corrected chi connectivity index (χ3v) is 6.63. The van der Waals surface area contributed by atoms with Crippen molar-refractivity contribution in [1.82, 2.24) is 25.1 Å². The lowest BCUT2D eigenvalue weighted by Crippen LogP contribution is -2.51. The molecule has 0 saturated heterocycles. The second-order valence-corrected chi connectivity index (χ2v) is 10.3. The third-order valence-electron chi connectivity index (χ3n) is 6.63. The van der Waals surface area contributed by atoms with Gasteiger partial charge in [-0.05, 0) is 58.5 Å². The van der Waals surface area contributed by atoms with Gasteiger partial charge in [0.1, 0.15) is 17.7 Å². The lowest BCUT2D eigenvalue weighted by Gasteiger charge is -2.34. The Labute approximate surface area is 236 Å². The van der Waals surface area contributed by atoms with E-state index in [1.54, 1.807) is 38.4 Å². The van der Waals surface area contributed by atoms with Crippen molar-refractivity contribution in [2.45, 2.75) is 51.6 Å². The number of likely N-dealkylation sites (N-methyl/N-ethyl adjacent to an activating group) is 2. The molecule has 1 fully saturated rings. The topological polar surface area (TPSA) is 102 Å². The van der Waals surface area contributed by atoms with Crippen molar-refractivity contribution < 1.29 is 14.0 Å². The first-order valence-electron chi connectivity index (χ1n) is 13.7. The molecular formula is C30H40FN7O2. The lowest BCUT2D eigenvalue weighted by molar-refractivity contribution is -0.135. The number of benzene rings is 1. The second kappa shape index (κ2) is 15.0. The quantitative estimate of drug-likeness (QED) is 0.210. The summed E-state index contributed by atoms with van der Waals surface area (Å²) in [4.78, 5) is 37.3. The maximum Gasteiger partial charge on any atom is 0.246 e. The summed E-state index contributed by atoms with van der Waals surface area (Å²) in [5, 5.41) is 9.39. The maximum atomic E-state index is 13.5. The molecule has 0 bridgehead atoms. The lowest BCUT2D eigenvalue weighted by atomic mass is 9.80. The molecular weight excluding hydrogens is 509 g/mol. The van der Waals surface area contributed by atoms with Crippen molar-refractivity contribution in [2.24, 2.45) is 5.92 Å². The number of rotatable bonds is 12. The number of nitrogens with zero attached hydrogens (tertiary/aromatic N) is 4. The first-order chi connectivity index (χ1) is 19.2. The molecule has 0 unspecified atom stereocenters. The van der Waals surface area contributed by atoms with Crippen LogP contribution in [0.5, 0.6) is 0 Å². The average Bonchev–Trinajstić information content (AvgIpc) is 2.89. The predicted octanol–water partition coefficient (Wildman–Crippen LogP) is 3.78. The molecule has 1 aliphatic rings. The van der Waals surface area contributed by atoms with E-state index < -0.39 is 6.04 Å². The Morgan fingerprint density at radius 3 is 2.73 bits per heavy atom. The summed E-state index contributed by atoms with van der Waals surface area (Å²) in [5.41, 5.74) is 1.25. The van der Waals surface area contributed by atoms with Crippen LogP contribution in [0.15, 0.2) is 42.6 Å². The van der Waals surface area contributed by atoms with Crippen molar-refractivity contribution in [1.29, 1.82) is 0 Å². The van der Waals surface area contributed by atoms with Gasteiger partial charge in [0, 0.05) is 43.9 Å². The molecule has 1 aliphatic carbocycles. The van der Waals surface area contributed by atoms with E-state index in [1.165, 1.54) is 23.1 Å². The van der Waals surface area contributed by atoms with E-state index >= 15 is 0 Å². The summed E-state index contributed by atoms with van der Waals surface area (Å²) in [6.45, 7) is 5.25. The Bertz CT molecular complexity index is 1250. The fraction of sp³-hybridized carbons (Fsp3) is 0.467. The van der Waals surface area contributed by atoms with Gasteiger partial charge in [0.25, 0.3) is 0 Å². The molecule has 3 N–H and O–H groups in total. The average molecular weight is 550 g/mol. The van der Waals surface area contributed by atoms with Gasteiger partial charge >= 0.3 is 0 Å². The van der Waals surface area contributed by atoms with Crippen LogP contribution in [-0.2, 0) is 9.59 Å². The van der Waals surface area contributed by atoms with E-state index in [9.17, 15) is 14.0 Å². The van der Waals surface area contributed by atoms with Crippen LogP contribution in [0.2, 0.25) is 0 Å². The highest BCUT2D eigenvalue weighted by molar-refractivity contribution is 5.92. The Kier molecular flexibility index (Phi) is 11.5. The van der Waals surface area contributed by atoms with Crippen LogP contribution in [0.25, 0.3) is 0 Å². The SMILES string of the molecule is CCCCNc1nc(Nc2cccc(F)c2)ncc1C#CC1CC(NC(=O)[C@H](C)N(C)C(=O)/C=C/CN(C)C)C1. The molecule has 2 aromatic rings. The van der Waals surface area contributed by atoms with Crippen molar-refractivity contribution in [3.63, 3.8) is 0 Å². The van der Waals surface area contributed by atoms with Gasteiger partial charge in [0.2, 0.25) is 17.8 Å². The molecule has 40 heavy (non-hydrogen) atoms. The number of aromatic nitrogens is 2. The second-order valence-electron chi connectivity index (χ2n) is 10.3. The summed E-state index contributed by atoms with van der Waals surface area (Å²) < 4.78 is 13.5. The normalized spacial score (nSPS) is 17.0.